The first kappa shape index (κ1) is 12.8. The number of hydrogen-bond acceptors (Lipinski definition) is 2. The Kier molecular flexibility index (Phi) is 3.78. The molecule has 1 aromatic carbocycles. The third kappa shape index (κ3) is 2.29. The van der Waals surface area contributed by atoms with Crippen LogP contribution < -0.4 is 0 Å². The quantitative estimate of drug-likeness (QED) is 0.778. The topological polar surface area (TPSA) is 30.0 Å². The van der Waals surface area contributed by atoms with Crippen molar-refractivity contribution in [1.29, 1.82) is 0 Å². The van der Waals surface area contributed by atoms with Gasteiger partial charge in [-0.05, 0) is 25.0 Å². The first-order valence-electron chi connectivity index (χ1n) is 5.88. The summed E-state index contributed by atoms with van der Waals surface area (Å²) in [5.74, 6) is 0. The lowest BCUT2D eigenvalue weighted by atomic mass is 9.99. The molecule has 0 radical (unpaired) electrons. The normalized spacial score (nSPS) is 10.4. The average Bonchev–Trinajstić information content (AvgIpc) is 2.38. The number of nitrogens with zero attached hydrogens (tertiary/aromatic N) is 1. The third-order valence-corrected chi connectivity index (χ3v) is 3.22. The Bertz CT molecular complexity index is 570. The lowest BCUT2D eigenvalue weighted by Gasteiger charge is -2.11. The Morgan fingerprint density at radius 2 is 2.06 bits per heavy atom. The molecule has 0 atom stereocenters. The Morgan fingerprint density at radius 1 is 1.33 bits per heavy atom. The van der Waals surface area contributed by atoms with Crippen molar-refractivity contribution in [1.82, 2.24) is 4.98 Å². The number of rotatable bonds is 3. The molecule has 2 rings (SSSR count). The number of aldehydes is 1. The molecule has 92 valence electrons. The first-order chi connectivity index (χ1) is 8.67. The molecule has 0 fully saturated rings. The van der Waals surface area contributed by atoms with E-state index in [1.54, 1.807) is 6.07 Å². The molecule has 18 heavy (non-hydrogen) atoms. The summed E-state index contributed by atoms with van der Waals surface area (Å²) < 4.78 is 0. The number of carbonyl (C=O) groups excluding carboxylic acids is 1. The van der Waals surface area contributed by atoms with Gasteiger partial charge in [0.25, 0.3) is 0 Å². The number of benzene rings is 1. The largest absolute Gasteiger partial charge is 0.298 e. The van der Waals surface area contributed by atoms with Gasteiger partial charge in [0.05, 0.1) is 5.02 Å². The van der Waals surface area contributed by atoms with Crippen molar-refractivity contribution in [2.75, 3.05) is 0 Å². The second-order valence-corrected chi connectivity index (χ2v) is 4.52. The number of aryl methyl sites for hydroxylation is 2. The van der Waals surface area contributed by atoms with Crippen LogP contribution in [-0.4, -0.2) is 11.3 Å². The highest BCUT2D eigenvalue weighted by Crippen LogP contribution is 2.32. The van der Waals surface area contributed by atoms with Crippen LogP contribution in [0.4, 0.5) is 0 Å². The summed E-state index contributed by atoms with van der Waals surface area (Å²) in [5.41, 5.74) is 4.13. The maximum atomic E-state index is 11.1. The van der Waals surface area contributed by atoms with Crippen molar-refractivity contribution in [2.24, 2.45) is 0 Å². The summed E-state index contributed by atoms with van der Waals surface area (Å²) in [5, 5.41) is 0.647. The predicted molar refractivity (Wildman–Crippen MR) is 74.2 cm³/mol. The van der Waals surface area contributed by atoms with Gasteiger partial charge >= 0.3 is 0 Å². The minimum absolute atomic E-state index is 0.633. The van der Waals surface area contributed by atoms with E-state index in [1.807, 2.05) is 38.1 Å². The second-order valence-electron chi connectivity index (χ2n) is 4.11. The number of aromatic nitrogens is 1. The summed E-state index contributed by atoms with van der Waals surface area (Å²) >= 11 is 6.32. The van der Waals surface area contributed by atoms with Gasteiger partial charge in [-0.2, -0.15) is 0 Å². The summed E-state index contributed by atoms with van der Waals surface area (Å²) in [6.45, 7) is 3.96. The van der Waals surface area contributed by atoms with Gasteiger partial charge in [-0.3, -0.25) is 9.78 Å². The SMILES string of the molecule is CCc1cc(Cl)c(-c2ccccc2C=O)c(C)n1. The van der Waals surface area contributed by atoms with E-state index in [-0.39, 0.29) is 0 Å². The number of carbonyl (C=O) groups is 1. The van der Waals surface area contributed by atoms with Crippen molar-refractivity contribution in [3.63, 3.8) is 0 Å². The molecule has 0 N–H and O–H groups in total. The van der Waals surface area contributed by atoms with E-state index in [1.165, 1.54) is 0 Å². The van der Waals surface area contributed by atoms with Crippen LogP contribution in [0, 0.1) is 6.92 Å². The van der Waals surface area contributed by atoms with Crippen molar-refractivity contribution in [2.45, 2.75) is 20.3 Å². The molecule has 2 nitrogen and oxygen atoms in total. The van der Waals surface area contributed by atoms with Crippen molar-refractivity contribution in [3.05, 3.63) is 52.3 Å². The van der Waals surface area contributed by atoms with Gasteiger partial charge < -0.3 is 0 Å². The summed E-state index contributed by atoms with van der Waals surface area (Å²) in [6.07, 6.45) is 1.69. The van der Waals surface area contributed by atoms with E-state index in [0.717, 1.165) is 35.2 Å². The van der Waals surface area contributed by atoms with Gasteiger partial charge in [0, 0.05) is 22.5 Å². The molecule has 1 heterocycles. The smallest absolute Gasteiger partial charge is 0.150 e. The number of halogens is 1. The zero-order valence-corrected chi connectivity index (χ0v) is 11.2. The molecule has 2 aromatic rings. The molecule has 0 aliphatic rings. The average molecular weight is 260 g/mol. The summed E-state index contributed by atoms with van der Waals surface area (Å²) in [7, 11) is 0. The van der Waals surface area contributed by atoms with Crippen LogP contribution in [0.2, 0.25) is 5.02 Å². The molecule has 0 aliphatic carbocycles. The Balaban J connectivity index is 2.67. The lowest BCUT2D eigenvalue weighted by Crippen LogP contribution is -1.97. The minimum Gasteiger partial charge on any atom is -0.298 e. The van der Waals surface area contributed by atoms with Gasteiger partial charge in [-0.25, -0.2) is 0 Å². The maximum Gasteiger partial charge on any atom is 0.150 e. The van der Waals surface area contributed by atoms with Gasteiger partial charge in [0.1, 0.15) is 0 Å². The Labute approximate surface area is 112 Å². The van der Waals surface area contributed by atoms with Crippen molar-refractivity contribution in [3.8, 4) is 11.1 Å². The van der Waals surface area contributed by atoms with Crippen LogP contribution in [0.3, 0.4) is 0 Å². The van der Waals surface area contributed by atoms with Gasteiger partial charge in [0.2, 0.25) is 0 Å². The van der Waals surface area contributed by atoms with E-state index >= 15 is 0 Å². The Morgan fingerprint density at radius 3 is 2.67 bits per heavy atom. The predicted octanol–water partition coefficient (Wildman–Crippen LogP) is 4.09. The highest BCUT2D eigenvalue weighted by atomic mass is 35.5. The summed E-state index contributed by atoms with van der Waals surface area (Å²) in [6, 6.07) is 9.28. The molecular weight excluding hydrogens is 246 g/mol. The second kappa shape index (κ2) is 5.32. The van der Waals surface area contributed by atoms with Gasteiger partial charge in [0.15, 0.2) is 6.29 Å². The molecule has 0 spiro atoms. The standard InChI is InChI=1S/C15H14ClNO/c1-3-12-8-14(16)15(10(2)17-12)13-7-5-4-6-11(13)9-18/h4-9H,3H2,1-2H3. The molecule has 1 aromatic heterocycles. The van der Waals surface area contributed by atoms with E-state index in [2.05, 4.69) is 4.98 Å². The van der Waals surface area contributed by atoms with Crippen LogP contribution in [0.25, 0.3) is 11.1 Å². The van der Waals surface area contributed by atoms with Crippen LogP contribution in [-0.2, 0) is 6.42 Å². The molecule has 3 heteroatoms. The van der Waals surface area contributed by atoms with Crippen LogP contribution in [0.1, 0.15) is 28.7 Å². The molecule has 0 saturated heterocycles. The zero-order chi connectivity index (χ0) is 13.1. The van der Waals surface area contributed by atoms with Gasteiger partial charge in [-0.15, -0.1) is 0 Å². The van der Waals surface area contributed by atoms with E-state index in [0.29, 0.717) is 10.6 Å². The van der Waals surface area contributed by atoms with Crippen molar-refractivity contribution < 1.29 is 4.79 Å². The molecule has 0 bridgehead atoms. The van der Waals surface area contributed by atoms with Crippen LogP contribution in [0.15, 0.2) is 30.3 Å². The fraction of sp³-hybridized carbons (Fsp3) is 0.200. The van der Waals surface area contributed by atoms with Crippen LogP contribution >= 0.6 is 11.6 Å². The molecular formula is C15H14ClNO. The highest BCUT2D eigenvalue weighted by Gasteiger charge is 2.12. The lowest BCUT2D eigenvalue weighted by molar-refractivity contribution is 0.112. The monoisotopic (exact) mass is 259 g/mol. The molecule has 0 amide bonds. The fourth-order valence-corrected chi connectivity index (χ4v) is 2.39. The number of hydrogen-bond donors (Lipinski definition) is 0. The summed E-state index contributed by atoms with van der Waals surface area (Å²) in [4.78, 5) is 15.6. The van der Waals surface area contributed by atoms with Crippen LogP contribution in [0.5, 0.6) is 0 Å². The molecule has 0 unspecified atom stereocenters. The maximum absolute atomic E-state index is 11.1. The first-order valence-corrected chi connectivity index (χ1v) is 6.25. The van der Waals surface area contributed by atoms with E-state index in [9.17, 15) is 4.79 Å². The minimum atomic E-state index is 0.633. The van der Waals surface area contributed by atoms with Gasteiger partial charge in [-0.1, -0.05) is 42.8 Å². The molecule has 0 aliphatic heterocycles. The number of pyridine rings is 1. The molecule has 0 saturated carbocycles. The fourth-order valence-electron chi connectivity index (χ4n) is 2.03. The third-order valence-electron chi connectivity index (χ3n) is 2.92. The van der Waals surface area contributed by atoms with E-state index in [4.69, 9.17) is 11.6 Å². The van der Waals surface area contributed by atoms with E-state index < -0.39 is 0 Å². The zero-order valence-electron chi connectivity index (χ0n) is 10.4. The van der Waals surface area contributed by atoms with Crippen molar-refractivity contribution >= 4 is 17.9 Å². The Hall–Kier alpha value is -1.67. The highest BCUT2D eigenvalue weighted by molar-refractivity contribution is 6.33.